The largest absolute Gasteiger partial charge is 0.468 e. The van der Waals surface area contributed by atoms with E-state index < -0.39 is 0 Å². The van der Waals surface area contributed by atoms with Gasteiger partial charge in [-0.15, -0.1) is 0 Å². The molecule has 27 heavy (non-hydrogen) atoms. The van der Waals surface area contributed by atoms with Crippen molar-refractivity contribution >= 4 is 5.91 Å². The van der Waals surface area contributed by atoms with Crippen molar-refractivity contribution < 1.29 is 13.9 Å². The number of rotatable bonds is 5. The van der Waals surface area contributed by atoms with E-state index in [4.69, 9.17) is 9.15 Å². The van der Waals surface area contributed by atoms with Gasteiger partial charge in [0.05, 0.1) is 7.11 Å². The minimum atomic E-state index is -0.0934. The van der Waals surface area contributed by atoms with Crippen LogP contribution < -0.4 is 4.74 Å². The van der Waals surface area contributed by atoms with E-state index in [9.17, 15) is 4.79 Å². The molecule has 1 aliphatic rings. The van der Waals surface area contributed by atoms with Crippen molar-refractivity contribution in [1.29, 1.82) is 0 Å². The zero-order valence-corrected chi connectivity index (χ0v) is 15.4. The number of imidazole rings is 1. The Balaban J connectivity index is 1.49. The van der Waals surface area contributed by atoms with E-state index in [0.29, 0.717) is 18.3 Å². The Morgan fingerprint density at radius 1 is 1.26 bits per heavy atom. The lowest BCUT2D eigenvalue weighted by atomic mass is 9.96. The fraction of sp³-hybridized carbons (Fsp3) is 0.333. The maximum atomic E-state index is 12.8. The monoisotopic (exact) mass is 365 g/mol. The number of hydrogen-bond acceptors (Lipinski definition) is 4. The number of nitrogens with zero attached hydrogens (tertiary/aromatic N) is 3. The van der Waals surface area contributed by atoms with Crippen LogP contribution in [0.2, 0.25) is 0 Å². The van der Waals surface area contributed by atoms with E-state index in [1.807, 2.05) is 35.5 Å². The highest BCUT2D eigenvalue weighted by atomic mass is 16.6. The first-order valence-electron chi connectivity index (χ1n) is 9.22. The van der Waals surface area contributed by atoms with Gasteiger partial charge >= 0.3 is 0 Å². The van der Waals surface area contributed by atoms with E-state index in [2.05, 4.69) is 21.7 Å². The van der Waals surface area contributed by atoms with Gasteiger partial charge in [0.15, 0.2) is 5.76 Å². The van der Waals surface area contributed by atoms with Crippen LogP contribution in [0.4, 0.5) is 0 Å². The standard InChI is InChI=1S/C21H23N3O3/c1-26-19-10-9-18(27-19)21(25)24-12-5-8-17(15-24)20-22-11-13-23(20)14-16-6-3-2-4-7-16/h2-4,6-7,9-11,13,17H,5,8,12,14-15H2,1H3/t17-/m1/s1. The van der Waals surface area contributed by atoms with Crippen molar-refractivity contribution in [1.82, 2.24) is 14.5 Å². The summed E-state index contributed by atoms with van der Waals surface area (Å²) in [5.74, 6) is 1.83. The van der Waals surface area contributed by atoms with Gasteiger partial charge in [0, 0.05) is 44.0 Å². The molecule has 6 nitrogen and oxygen atoms in total. The van der Waals surface area contributed by atoms with Gasteiger partial charge in [0.25, 0.3) is 11.9 Å². The number of piperidine rings is 1. The van der Waals surface area contributed by atoms with Crippen molar-refractivity contribution in [3.8, 4) is 5.95 Å². The third kappa shape index (κ3) is 3.74. The Labute approximate surface area is 158 Å². The molecule has 0 N–H and O–H groups in total. The summed E-state index contributed by atoms with van der Waals surface area (Å²) in [5.41, 5.74) is 1.24. The molecule has 140 valence electrons. The lowest BCUT2D eigenvalue weighted by Gasteiger charge is -2.32. The second-order valence-corrected chi connectivity index (χ2v) is 6.81. The number of ether oxygens (including phenoxy) is 1. The van der Waals surface area contributed by atoms with Crippen LogP contribution in [-0.2, 0) is 6.54 Å². The van der Waals surface area contributed by atoms with Gasteiger partial charge in [-0.3, -0.25) is 4.79 Å². The number of amides is 1. The Hall–Kier alpha value is -3.02. The molecule has 0 unspecified atom stereocenters. The molecule has 1 atom stereocenters. The average Bonchev–Trinajstić information content (AvgIpc) is 3.38. The summed E-state index contributed by atoms with van der Waals surface area (Å²) in [5, 5.41) is 0. The van der Waals surface area contributed by atoms with Crippen molar-refractivity contribution in [3.63, 3.8) is 0 Å². The van der Waals surface area contributed by atoms with E-state index in [0.717, 1.165) is 31.8 Å². The quantitative estimate of drug-likeness (QED) is 0.694. The molecule has 6 heteroatoms. The summed E-state index contributed by atoms with van der Waals surface area (Å²) in [7, 11) is 1.52. The molecule has 1 fully saturated rings. The maximum absolute atomic E-state index is 12.8. The number of furan rings is 1. The Bertz CT molecular complexity index is 900. The Morgan fingerprint density at radius 2 is 2.11 bits per heavy atom. The first-order chi connectivity index (χ1) is 13.2. The van der Waals surface area contributed by atoms with Crippen LogP contribution in [0, 0.1) is 0 Å². The Morgan fingerprint density at radius 3 is 2.89 bits per heavy atom. The summed E-state index contributed by atoms with van der Waals surface area (Å²) in [6.07, 6.45) is 5.83. The van der Waals surface area contributed by atoms with Crippen LogP contribution in [0.3, 0.4) is 0 Å². The zero-order chi connectivity index (χ0) is 18.6. The number of likely N-dealkylation sites (tertiary alicyclic amines) is 1. The normalized spacial score (nSPS) is 17.1. The molecule has 0 radical (unpaired) electrons. The van der Waals surface area contributed by atoms with Gasteiger partial charge in [0.1, 0.15) is 5.82 Å². The van der Waals surface area contributed by atoms with E-state index in [1.165, 1.54) is 12.7 Å². The molecular formula is C21H23N3O3. The van der Waals surface area contributed by atoms with E-state index in [1.54, 1.807) is 12.1 Å². The van der Waals surface area contributed by atoms with Gasteiger partial charge < -0.3 is 18.6 Å². The molecule has 4 rings (SSSR count). The SMILES string of the molecule is COc1ccc(C(=O)N2CCC[C@@H](c3nccn3Cc3ccccc3)C2)o1. The summed E-state index contributed by atoms with van der Waals surface area (Å²) >= 11 is 0. The lowest BCUT2D eigenvalue weighted by Crippen LogP contribution is -2.39. The van der Waals surface area contributed by atoms with Crippen molar-refractivity contribution in [2.45, 2.75) is 25.3 Å². The van der Waals surface area contributed by atoms with Crippen molar-refractivity contribution in [2.24, 2.45) is 0 Å². The van der Waals surface area contributed by atoms with Crippen LogP contribution in [0.5, 0.6) is 5.95 Å². The first-order valence-corrected chi connectivity index (χ1v) is 9.22. The molecule has 3 heterocycles. The molecule has 3 aromatic rings. The topological polar surface area (TPSA) is 60.5 Å². The van der Waals surface area contributed by atoms with E-state index >= 15 is 0 Å². The minimum absolute atomic E-state index is 0.0934. The van der Waals surface area contributed by atoms with Gasteiger partial charge in [0.2, 0.25) is 0 Å². The smallest absolute Gasteiger partial charge is 0.289 e. The molecular weight excluding hydrogens is 342 g/mol. The van der Waals surface area contributed by atoms with Gasteiger partial charge in [-0.05, 0) is 24.5 Å². The molecule has 1 aliphatic heterocycles. The van der Waals surface area contributed by atoms with Crippen molar-refractivity contribution in [3.05, 3.63) is 72.0 Å². The number of hydrogen-bond donors (Lipinski definition) is 0. The fourth-order valence-corrected chi connectivity index (χ4v) is 3.67. The Kier molecular flexibility index (Phi) is 4.96. The second kappa shape index (κ2) is 7.70. The van der Waals surface area contributed by atoms with Crippen LogP contribution in [0.25, 0.3) is 0 Å². The molecule has 1 saturated heterocycles. The predicted octanol–water partition coefficient (Wildman–Crippen LogP) is 3.55. The average molecular weight is 365 g/mol. The first kappa shape index (κ1) is 17.4. The van der Waals surface area contributed by atoms with Crippen LogP contribution in [0.1, 0.15) is 40.7 Å². The zero-order valence-electron chi connectivity index (χ0n) is 15.4. The number of benzene rings is 1. The highest BCUT2D eigenvalue weighted by Crippen LogP contribution is 2.28. The summed E-state index contributed by atoms with van der Waals surface area (Å²) < 4.78 is 12.7. The third-order valence-electron chi connectivity index (χ3n) is 5.01. The highest BCUT2D eigenvalue weighted by Gasteiger charge is 2.29. The summed E-state index contributed by atoms with van der Waals surface area (Å²) in [6, 6.07) is 13.7. The molecule has 2 aromatic heterocycles. The van der Waals surface area contributed by atoms with E-state index in [-0.39, 0.29) is 11.8 Å². The lowest BCUT2D eigenvalue weighted by molar-refractivity contribution is 0.0665. The number of carbonyl (C=O) groups is 1. The number of methoxy groups -OCH3 is 1. The number of carbonyl (C=O) groups excluding carboxylic acids is 1. The molecule has 0 aliphatic carbocycles. The maximum Gasteiger partial charge on any atom is 0.289 e. The van der Waals surface area contributed by atoms with Crippen LogP contribution in [0.15, 0.2) is 59.3 Å². The highest BCUT2D eigenvalue weighted by molar-refractivity contribution is 5.91. The van der Waals surface area contributed by atoms with Crippen LogP contribution in [-0.4, -0.2) is 40.6 Å². The summed E-state index contributed by atoms with van der Waals surface area (Å²) in [6.45, 7) is 2.17. The molecule has 1 aromatic carbocycles. The number of aromatic nitrogens is 2. The fourth-order valence-electron chi connectivity index (χ4n) is 3.67. The van der Waals surface area contributed by atoms with Gasteiger partial charge in [-0.25, -0.2) is 4.98 Å². The van der Waals surface area contributed by atoms with Crippen LogP contribution >= 0.6 is 0 Å². The molecule has 0 spiro atoms. The van der Waals surface area contributed by atoms with Gasteiger partial charge in [-0.1, -0.05) is 30.3 Å². The molecule has 0 bridgehead atoms. The molecule has 0 saturated carbocycles. The van der Waals surface area contributed by atoms with Gasteiger partial charge in [-0.2, -0.15) is 0 Å². The molecule has 1 amide bonds. The summed E-state index contributed by atoms with van der Waals surface area (Å²) in [4.78, 5) is 19.2. The third-order valence-corrected chi connectivity index (χ3v) is 5.01. The second-order valence-electron chi connectivity index (χ2n) is 6.81. The predicted molar refractivity (Wildman–Crippen MR) is 101 cm³/mol. The van der Waals surface area contributed by atoms with Crippen molar-refractivity contribution in [2.75, 3.05) is 20.2 Å². The minimum Gasteiger partial charge on any atom is -0.468 e.